The van der Waals surface area contributed by atoms with Crippen molar-refractivity contribution in [2.24, 2.45) is 0 Å². The van der Waals surface area contributed by atoms with Gasteiger partial charge in [-0.2, -0.15) is 4.98 Å². The number of halogens is 1. The lowest BCUT2D eigenvalue weighted by Gasteiger charge is -2.08. The SMILES string of the molecule is CNCc1ccc(-c2noc(-c3nnn(-c4ccccc4F)c3-c3ccncc3)n2)cc1. The van der Waals surface area contributed by atoms with Gasteiger partial charge in [-0.1, -0.05) is 46.8 Å². The van der Waals surface area contributed by atoms with Gasteiger partial charge >= 0.3 is 0 Å². The summed E-state index contributed by atoms with van der Waals surface area (Å²) in [4.78, 5) is 8.58. The van der Waals surface area contributed by atoms with E-state index in [2.05, 4.69) is 30.8 Å². The third kappa shape index (κ3) is 3.65. The minimum Gasteiger partial charge on any atom is -0.332 e. The zero-order chi connectivity index (χ0) is 21.9. The van der Waals surface area contributed by atoms with Gasteiger partial charge in [-0.25, -0.2) is 9.07 Å². The highest BCUT2D eigenvalue weighted by molar-refractivity contribution is 5.76. The molecule has 0 aliphatic rings. The molecule has 0 saturated carbocycles. The van der Waals surface area contributed by atoms with Crippen molar-refractivity contribution in [1.82, 2.24) is 35.4 Å². The summed E-state index contributed by atoms with van der Waals surface area (Å²) in [5.41, 5.74) is 3.83. The van der Waals surface area contributed by atoms with Crippen molar-refractivity contribution in [3.8, 4) is 39.9 Å². The fraction of sp³-hybridized carbons (Fsp3) is 0.0870. The van der Waals surface area contributed by atoms with Gasteiger partial charge in [0.05, 0.1) is 0 Å². The van der Waals surface area contributed by atoms with Crippen LogP contribution in [0.5, 0.6) is 0 Å². The lowest BCUT2D eigenvalue weighted by molar-refractivity contribution is 0.431. The van der Waals surface area contributed by atoms with Gasteiger partial charge in [0.1, 0.15) is 17.2 Å². The zero-order valence-electron chi connectivity index (χ0n) is 17.1. The molecule has 0 spiro atoms. The van der Waals surface area contributed by atoms with Crippen molar-refractivity contribution in [3.05, 3.63) is 84.4 Å². The smallest absolute Gasteiger partial charge is 0.281 e. The first-order valence-corrected chi connectivity index (χ1v) is 9.93. The summed E-state index contributed by atoms with van der Waals surface area (Å²) in [6, 6.07) is 17.8. The molecular weight excluding hydrogens is 409 g/mol. The van der Waals surface area contributed by atoms with E-state index < -0.39 is 5.82 Å². The van der Waals surface area contributed by atoms with E-state index in [1.807, 2.05) is 31.3 Å². The number of rotatable bonds is 6. The van der Waals surface area contributed by atoms with Crippen molar-refractivity contribution in [3.63, 3.8) is 0 Å². The molecular formula is C23H18FN7O. The molecule has 0 unspecified atom stereocenters. The summed E-state index contributed by atoms with van der Waals surface area (Å²) in [6.45, 7) is 0.770. The number of pyridine rings is 1. The second-order valence-electron chi connectivity index (χ2n) is 7.04. The normalized spacial score (nSPS) is 11.1. The van der Waals surface area contributed by atoms with Gasteiger partial charge in [0.25, 0.3) is 5.89 Å². The molecule has 0 saturated heterocycles. The third-order valence-electron chi connectivity index (χ3n) is 4.93. The molecule has 0 amide bonds. The molecule has 1 N–H and O–H groups in total. The van der Waals surface area contributed by atoms with E-state index in [1.54, 1.807) is 42.7 Å². The maximum absolute atomic E-state index is 14.5. The molecule has 32 heavy (non-hydrogen) atoms. The Kier molecular flexibility index (Phi) is 5.22. The average Bonchev–Trinajstić information content (AvgIpc) is 3.48. The van der Waals surface area contributed by atoms with Crippen molar-refractivity contribution >= 4 is 0 Å². The van der Waals surface area contributed by atoms with E-state index in [1.165, 1.54) is 10.7 Å². The Balaban J connectivity index is 1.60. The molecule has 2 aromatic carbocycles. The number of hydrogen-bond donors (Lipinski definition) is 1. The van der Waals surface area contributed by atoms with Gasteiger partial charge in [0.15, 0.2) is 5.69 Å². The maximum atomic E-state index is 14.5. The van der Waals surface area contributed by atoms with E-state index in [4.69, 9.17) is 4.52 Å². The standard InChI is InChI=1S/C23H18FN7O/c1-25-14-15-6-8-17(9-7-15)22-27-23(32-29-22)20-21(16-10-12-26-13-11-16)31(30-28-20)19-5-3-2-4-18(19)24/h2-13,25H,14H2,1H3. The predicted octanol–water partition coefficient (Wildman–Crippen LogP) is 3.90. The van der Waals surface area contributed by atoms with Crippen molar-refractivity contribution in [2.45, 2.75) is 6.54 Å². The second kappa shape index (κ2) is 8.48. The third-order valence-corrected chi connectivity index (χ3v) is 4.93. The molecule has 0 radical (unpaired) electrons. The Morgan fingerprint density at radius 3 is 2.50 bits per heavy atom. The topological polar surface area (TPSA) is 94.6 Å². The molecule has 0 aliphatic carbocycles. The van der Waals surface area contributed by atoms with E-state index in [-0.39, 0.29) is 11.6 Å². The molecule has 3 aromatic heterocycles. The highest BCUT2D eigenvalue weighted by atomic mass is 19.1. The molecule has 0 atom stereocenters. The largest absolute Gasteiger partial charge is 0.332 e. The summed E-state index contributed by atoms with van der Waals surface area (Å²) in [6.07, 6.45) is 3.29. The van der Waals surface area contributed by atoms with Crippen LogP contribution in [0, 0.1) is 5.82 Å². The Morgan fingerprint density at radius 1 is 0.969 bits per heavy atom. The molecule has 3 heterocycles. The maximum Gasteiger partial charge on any atom is 0.281 e. The molecule has 9 heteroatoms. The average molecular weight is 427 g/mol. The first-order chi connectivity index (χ1) is 15.7. The number of aromatic nitrogens is 6. The van der Waals surface area contributed by atoms with Crippen LogP contribution in [0.2, 0.25) is 0 Å². The van der Waals surface area contributed by atoms with Crippen LogP contribution < -0.4 is 5.32 Å². The fourth-order valence-electron chi connectivity index (χ4n) is 3.40. The molecule has 0 fully saturated rings. The predicted molar refractivity (Wildman–Crippen MR) is 116 cm³/mol. The highest BCUT2D eigenvalue weighted by Gasteiger charge is 2.24. The lowest BCUT2D eigenvalue weighted by atomic mass is 10.1. The number of benzene rings is 2. The van der Waals surface area contributed by atoms with Crippen molar-refractivity contribution < 1.29 is 8.91 Å². The fourth-order valence-corrected chi connectivity index (χ4v) is 3.40. The molecule has 0 bridgehead atoms. The van der Waals surface area contributed by atoms with Crippen molar-refractivity contribution in [2.75, 3.05) is 7.05 Å². The molecule has 8 nitrogen and oxygen atoms in total. The van der Waals surface area contributed by atoms with Crippen LogP contribution in [0.25, 0.3) is 39.9 Å². The molecule has 5 aromatic rings. The summed E-state index contributed by atoms with van der Waals surface area (Å²) in [7, 11) is 1.90. The quantitative estimate of drug-likeness (QED) is 0.439. The van der Waals surface area contributed by atoms with Crippen LogP contribution in [-0.2, 0) is 6.54 Å². The molecule has 5 rings (SSSR count). The van der Waals surface area contributed by atoms with E-state index in [9.17, 15) is 4.39 Å². The summed E-state index contributed by atoms with van der Waals surface area (Å²) in [5, 5.41) is 15.7. The minimum atomic E-state index is -0.424. The van der Waals surface area contributed by atoms with E-state index in [0.717, 1.165) is 23.2 Å². The second-order valence-corrected chi connectivity index (χ2v) is 7.04. The monoisotopic (exact) mass is 427 g/mol. The summed E-state index contributed by atoms with van der Waals surface area (Å²) in [5.74, 6) is 0.193. The number of hydrogen-bond acceptors (Lipinski definition) is 7. The Hall–Kier alpha value is -4.24. The van der Waals surface area contributed by atoms with Gasteiger partial charge in [-0.05, 0) is 36.9 Å². The highest BCUT2D eigenvalue weighted by Crippen LogP contribution is 2.32. The van der Waals surface area contributed by atoms with Crippen LogP contribution in [0.3, 0.4) is 0 Å². The van der Waals surface area contributed by atoms with Crippen LogP contribution in [0.4, 0.5) is 4.39 Å². The molecule has 0 aliphatic heterocycles. The van der Waals surface area contributed by atoms with E-state index >= 15 is 0 Å². The molecule has 158 valence electrons. The Morgan fingerprint density at radius 2 is 1.75 bits per heavy atom. The number of para-hydroxylation sites is 1. The summed E-state index contributed by atoms with van der Waals surface area (Å²) < 4.78 is 21.5. The minimum absolute atomic E-state index is 0.189. The Bertz CT molecular complexity index is 1350. The first kappa shape index (κ1) is 19.7. The van der Waals surface area contributed by atoms with Crippen LogP contribution in [0.1, 0.15) is 5.56 Å². The lowest BCUT2D eigenvalue weighted by Crippen LogP contribution is -2.04. The zero-order valence-corrected chi connectivity index (χ0v) is 17.1. The van der Waals surface area contributed by atoms with Crippen LogP contribution in [-0.4, -0.2) is 37.2 Å². The number of nitrogens with one attached hydrogen (secondary N) is 1. The van der Waals surface area contributed by atoms with Gasteiger partial charge in [-0.3, -0.25) is 4.98 Å². The summed E-state index contributed by atoms with van der Waals surface area (Å²) >= 11 is 0. The van der Waals surface area contributed by atoms with Gasteiger partial charge in [0, 0.05) is 30.1 Å². The van der Waals surface area contributed by atoms with Gasteiger partial charge in [-0.15, -0.1) is 5.10 Å². The van der Waals surface area contributed by atoms with Crippen LogP contribution >= 0.6 is 0 Å². The van der Waals surface area contributed by atoms with Crippen LogP contribution in [0.15, 0.2) is 77.6 Å². The first-order valence-electron chi connectivity index (χ1n) is 9.93. The Labute approximate surface area is 182 Å². The number of nitrogens with zero attached hydrogens (tertiary/aromatic N) is 6. The van der Waals surface area contributed by atoms with Gasteiger partial charge in [0.2, 0.25) is 5.82 Å². The van der Waals surface area contributed by atoms with E-state index in [0.29, 0.717) is 17.2 Å². The van der Waals surface area contributed by atoms with Gasteiger partial charge < -0.3 is 9.84 Å². The van der Waals surface area contributed by atoms with Crippen molar-refractivity contribution in [1.29, 1.82) is 0 Å².